The third kappa shape index (κ3) is 4.41. The summed E-state index contributed by atoms with van der Waals surface area (Å²) in [4.78, 5) is 21.3. The van der Waals surface area contributed by atoms with Crippen LogP contribution in [-0.4, -0.2) is 55.6 Å². The fourth-order valence-electron chi connectivity index (χ4n) is 3.83. The van der Waals surface area contributed by atoms with E-state index in [1.807, 2.05) is 19.1 Å². The molecule has 0 atom stereocenters. The van der Waals surface area contributed by atoms with Crippen LogP contribution in [0.15, 0.2) is 36.5 Å². The van der Waals surface area contributed by atoms with Crippen molar-refractivity contribution in [3.05, 3.63) is 52.1 Å². The molecular formula is C23H25Cl2N5O2. The van der Waals surface area contributed by atoms with Gasteiger partial charge in [0.2, 0.25) is 0 Å². The monoisotopic (exact) mass is 473 g/mol. The summed E-state index contributed by atoms with van der Waals surface area (Å²) in [6.07, 6.45) is 1.49. The van der Waals surface area contributed by atoms with Crippen molar-refractivity contribution < 1.29 is 9.53 Å². The van der Waals surface area contributed by atoms with Gasteiger partial charge >= 0.3 is 0 Å². The van der Waals surface area contributed by atoms with Gasteiger partial charge in [0.15, 0.2) is 0 Å². The van der Waals surface area contributed by atoms with Crippen molar-refractivity contribution in [1.82, 2.24) is 9.88 Å². The Morgan fingerprint density at radius 1 is 1.22 bits per heavy atom. The van der Waals surface area contributed by atoms with Crippen LogP contribution in [0.2, 0.25) is 10.0 Å². The molecule has 4 rings (SSSR count). The molecule has 7 nitrogen and oxygen atoms in total. The standard InChI is InChI=1S/C23H25Cl2N5O2/c1-3-32-20-11-14-18(12-19(20)30-9-7-29(2)8-10-30)27-13-15(23(26)31)22(14)28-17-6-4-5-16(24)21(17)25/h4-6,11-13H,3,7-10H2,1-2H3,(H2,26,31)(H,27,28). The molecule has 0 spiro atoms. The smallest absolute Gasteiger partial charge is 0.252 e. The highest BCUT2D eigenvalue weighted by Gasteiger charge is 2.22. The minimum Gasteiger partial charge on any atom is -0.492 e. The van der Waals surface area contributed by atoms with E-state index >= 15 is 0 Å². The number of ether oxygens (including phenoxy) is 1. The zero-order chi connectivity index (χ0) is 22.8. The van der Waals surface area contributed by atoms with Crippen molar-refractivity contribution in [2.24, 2.45) is 5.73 Å². The summed E-state index contributed by atoms with van der Waals surface area (Å²) in [5.41, 5.74) is 8.69. The van der Waals surface area contributed by atoms with Crippen molar-refractivity contribution in [1.29, 1.82) is 0 Å². The van der Waals surface area contributed by atoms with E-state index in [1.165, 1.54) is 6.20 Å². The van der Waals surface area contributed by atoms with Crippen molar-refractivity contribution in [2.45, 2.75) is 6.92 Å². The number of anilines is 3. The number of fused-ring (bicyclic) bond motifs is 1. The maximum atomic E-state index is 12.2. The number of halogens is 2. The molecule has 3 aromatic rings. The molecule has 0 unspecified atom stereocenters. The van der Waals surface area contributed by atoms with Crippen molar-refractivity contribution >= 4 is 57.1 Å². The summed E-state index contributed by atoms with van der Waals surface area (Å²) >= 11 is 12.6. The Morgan fingerprint density at radius 3 is 2.66 bits per heavy atom. The average molecular weight is 474 g/mol. The second kappa shape index (κ2) is 9.40. The fraction of sp³-hybridized carbons (Fsp3) is 0.304. The second-order valence-corrected chi connectivity index (χ2v) is 8.48. The summed E-state index contributed by atoms with van der Waals surface area (Å²) in [5, 5.41) is 4.71. The van der Waals surface area contributed by atoms with Crippen LogP contribution in [0.3, 0.4) is 0 Å². The molecule has 9 heteroatoms. The Labute approximate surface area is 197 Å². The van der Waals surface area contributed by atoms with E-state index in [0.29, 0.717) is 38.9 Å². The first-order valence-electron chi connectivity index (χ1n) is 10.4. The largest absolute Gasteiger partial charge is 0.492 e. The molecule has 1 aromatic heterocycles. The Kier molecular flexibility index (Phi) is 6.60. The quantitative estimate of drug-likeness (QED) is 0.546. The molecule has 0 bridgehead atoms. The number of hydrogen-bond acceptors (Lipinski definition) is 6. The summed E-state index contributed by atoms with van der Waals surface area (Å²) < 4.78 is 6.00. The number of nitrogens with zero attached hydrogens (tertiary/aromatic N) is 3. The first-order chi connectivity index (χ1) is 15.4. The number of piperazine rings is 1. The molecule has 2 aromatic carbocycles. The number of rotatable bonds is 6. The van der Waals surface area contributed by atoms with E-state index in [9.17, 15) is 4.79 Å². The molecule has 0 aliphatic carbocycles. The first kappa shape index (κ1) is 22.5. The third-order valence-electron chi connectivity index (χ3n) is 5.57. The number of amides is 1. The molecule has 168 valence electrons. The first-order valence-corrected chi connectivity index (χ1v) is 11.2. The molecule has 1 aliphatic heterocycles. The lowest BCUT2D eigenvalue weighted by molar-refractivity contribution is 0.100. The van der Waals surface area contributed by atoms with Gasteiger partial charge in [-0.3, -0.25) is 9.78 Å². The van der Waals surface area contributed by atoms with Gasteiger partial charge in [0.05, 0.1) is 44.8 Å². The predicted octanol–water partition coefficient (Wildman–Crippen LogP) is 4.53. The van der Waals surface area contributed by atoms with E-state index in [-0.39, 0.29) is 5.56 Å². The number of likely N-dealkylation sites (N-methyl/N-ethyl adjacent to an activating group) is 1. The Morgan fingerprint density at radius 2 is 1.97 bits per heavy atom. The van der Waals surface area contributed by atoms with Crippen molar-refractivity contribution in [2.75, 3.05) is 50.1 Å². The molecule has 0 radical (unpaired) electrons. The highest BCUT2D eigenvalue weighted by atomic mass is 35.5. The molecule has 32 heavy (non-hydrogen) atoms. The number of aromatic nitrogens is 1. The molecule has 2 heterocycles. The van der Waals surface area contributed by atoms with Crippen molar-refractivity contribution in [3.8, 4) is 5.75 Å². The fourth-order valence-corrected chi connectivity index (χ4v) is 4.18. The van der Waals surface area contributed by atoms with Gasteiger partial charge in [-0.25, -0.2) is 0 Å². The van der Waals surface area contributed by atoms with Gasteiger partial charge in [-0.1, -0.05) is 29.3 Å². The lowest BCUT2D eigenvalue weighted by Gasteiger charge is -2.35. The molecule has 3 N–H and O–H groups in total. The van der Waals surface area contributed by atoms with Crippen LogP contribution >= 0.6 is 23.2 Å². The summed E-state index contributed by atoms with van der Waals surface area (Å²) in [6, 6.07) is 9.17. The number of nitrogens with two attached hydrogens (primary N) is 1. The number of primary amides is 1. The molecule has 1 aliphatic rings. The van der Waals surface area contributed by atoms with Crippen LogP contribution in [-0.2, 0) is 0 Å². The van der Waals surface area contributed by atoms with Crippen molar-refractivity contribution in [3.63, 3.8) is 0 Å². The minimum absolute atomic E-state index is 0.253. The minimum atomic E-state index is -0.596. The highest BCUT2D eigenvalue weighted by Crippen LogP contribution is 2.40. The van der Waals surface area contributed by atoms with Crippen LogP contribution in [0.5, 0.6) is 5.75 Å². The van der Waals surface area contributed by atoms with Crippen LogP contribution < -0.4 is 20.7 Å². The van der Waals surface area contributed by atoms with Gasteiger partial charge in [0.1, 0.15) is 5.75 Å². The van der Waals surface area contributed by atoms with Crippen LogP contribution in [0.1, 0.15) is 17.3 Å². The number of nitrogens with one attached hydrogen (secondary N) is 1. The molecule has 1 saturated heterocycles. The zero-order valence-electron chi connectivity index (χ0n) is 18.0. The summed E-state index contributed by atoms with van der Waals surface area (Å²) in [5.74, 6) is 0.134. The Hall–Kier alpha value is -2.74. The van der Waals surface area contributed by atoms with Gasteiger partial charge in [-0.15, -0.1) is 0 Å². The molecule has 1 amide bonds. The highest BCUT2D eigenvalue weighted by molar-refractivity contribution is 6.43. The maximum Gasteiger partial charge on any atom is 0.252 e. The van der Waals surface area contributed by atoms with Crippen LogP contribution in [0.4, 0.5) is 17.1 Å². The van der Waals surface area contributed by atoms with E-state index < -0.39 is 5.91 Å². The number of carbonyl (C=O) groups excluding carboxylic acids is 1. The van der Waals surface area contributed by atoms with E-state index in [1.54, 1.807) is 18.2 Å². The third-order valence-corrected chi connectivity index (χ3v) is 6.39. The number of carbonyl (C=O) groups is 1. The molecule has 0 saturated carbocycles. The van der Waals surface area contributed by atoms with Crippen LogP contribution in [0.25, 0.3) is 10.9 Å². The number of hydrogen-bond donors (Lipinski definition) is 2. The van der Waals surface area contributed by atoms with Gasteiger partial charge in [0.25, 0.3) is 5.91 Å². The van der Waals surface area contributed by atoms with E-state index in [2.05, 4.69) is 27.1 Å². The Balaban J connectivity index is 1.87. The van der Waals surface area contributed by atoms with E-state index in [0.717, 1.165) is 37.6 Å². The predicted molar refractivity (Wildman–Crippen MR) is 131 cm³/mol. The van der Waals surface area contributed by atoms with Crippen LogP contribution in [0, 0.1) is 0 Å². The Bertz CT molecular complexity index is 1160. The number of pyridine rings is 1. The summed E-state index contributed by atoms with van der Waals surface area (Å²) in [6.45, 7) is 6.18. The lowest BCUT2D eigenvalue weighted by atomic mass is 10.1. The van der Waals surface area contributed by atoms with Gasteiger partial charge in [-0.2, -0.15) is 0 Å². The summed E-state index contributed by atoms with van der Waals surface area (Å²) in [7, 11) is 2.12. The zero-order valence-corrected chi connectivity index (χ0v) is 19.5. The number of benzene rings is 2. The average Bonchev–Trinajstić information content (AvgIpc) is 2.77. The topological polar surface area (TPSA) is 83.7 Å². The van der Waals surface area contributed by atoms with Gasteiger partial charge in [-0.05, 0) is 38.2 Å². The molecule has 1 fully saturated rings. The van der Waals surface area contributed by atoms with Gasteiger partial charge in [0, 0.05) is 37.8 Å². The van der Waals surface area contributed by atoms with E-state index in [4.69, 9.17) is 33.7 Å². The lowest BCUT2D eigenvalue weighted by Crippen LogP contribution is -2.44. The maximum absolute atomic E-state index is 12.2. The van der Waals surface area contributed by atoms with Gasteiger partial charge < -0.3 is 25.6 Å². The molecular weight excluding hydrogens is 449 g/mol. The second-order valence-electron chi connectivity index (χ2n) is 7.70. The SMILES string of the molecule is CCOc1cc2c(Nc3cccc(Cl)c3Cl)c(C(N)=O)cnc2cc1N1CCN(C)CC1. The normalized spacial score (nSPS) is 14.6.